The number of sulfonamides is 1. The predicted octanol–water partition coefficient (Wildman–Crippen LogP) is 6.46. The number of sulfone groups is 1. The largest absolute Gasteiger partial charge is 0.380 e. The van der Waals surface area contributed by atoms with Gasteiger partial charge in [0.1, 0.15) is 17.3 Å². The molecule has 2 aliphatic rings. The Kier molecular flexibility index (Phi) is 13.4. The molecule has 14 nitrogen and oxygen atoms in total. The number of thiazole rings is 1. The van der Waals surface area contributed by atoms with Crippen molar-refractivity contribution in [1.29, 1.82) is 0 Å². The Morgan fingerprint density at radius 1 is 0.889 bits per heavy atom. The number of ether oxygens (including phenoxy) is 1. The summed E-state index contributed by atoms with van der Waals surface area (Å²) in [4.78, 5) is 40.7. The third-order valence-electron chi connectivity index (χ3n) is 10.7. The molecule has 0 aliphatic carbocycles. The number of benzene rings is 4. The fourth-order valence-electron chi connectivity index (χ4n) is 7.45. The fourth-order valence-corrected chi connectivity index (χ4v) is 11.3. The number of carbonyl (C=O) groups is 2. The normalized spacial score (nSPS) is 15.1. The highest BCUT2D eigenvalue weighted by atomic mass is 32.2. The number of hydrogen-bond acceptors (Lipinski definition) is 14. The Balaban J connectivity index is 0.964. The van der Waals surface area contributed by atoms with Crippen LogP contribution in [0.4, 0.5) is 21.0 Å². The predicted molar refractivity (Wildman–Crippen MR) is 244 cm³/mol. The second-order valence-electron chi connectivity index (χ2n) is 15.2. The lowest BCUT2D eigenvalue weighted by molar-refractivity contribution is 0.0370. The monoisotopic (exact) mass is 929 g/mol. The van der Waals surface area contributed by atoms with Crippen LogP contribution in [0, 0.1) is 5.82 Å². The van der Waals surface area contributed by atoms with Gasteiger partial charge in [0.15, 0.2) is 15.0 Å². The molecule has 0 spiro atoms. The average Bonchev–Trinajstić information content (AvgIpc) is 3.68. The van der Waals surface area contributed by atoms with Crippen molar-refractivity contribution in [3.63, 3.8) is 0 Å². The van der Waals surface area contributed by atoms with Crippen molar-refractivity contribution in [3.05, 3.63) is 131 Å². The Bertz CT molecular complexity index is 2880. The summed E-state index contributed by atoms with van der Waals surface area (Å²) in [7, 11) is -8.52. The van der Waals surface area contributed by atoms with Crippen LogP contribution in [0.25, 0.3) is 10.2 Å². The minimum atomic E-state index is -4.57. The van der Waals surface area contributed by atoms with Crippen molar-refractivity contribution in [3.8, 4) is 0 Å². The molecular formula is C44H44FN7O7S4. The SMILES string of the molecule is CS(=O)(=O)c1cc(S(=O)(=O)NC(=O)c2cccc(N3CCc4cccc(C(=O)Nc5nc6ccc(F)cc6s5)c4C3)n2)ccc1N[C@H](CCN1CCOCC1)CSc1ccccc1. The molecule has 0 bridgehead atoms. The Labute approximate surface area is 373 Å². The van der Waals surface area contributed by atoms with E-state index in [-0.39, 0.29) is 34.8 Å². The number of fused-ring (bicyclic) bond motifs is 2. The van der Waals surface area contributed by atoms with Gasteiger partial charge in [0, 0.05) is 61.2 Å². The van der Waals surface area contributed by atoms with E-state index >= 15 is 0 Å². The van der Waals surface area contributed by atoms with Gasteiger partial charge in [0.25, 0.3) is 21.8 Å². The minimum absolute atomic E-state index is 0.172. The number of amides is 2. The van der Waals surface area contributed by atoms with E-state index in [1.165, 1.54) is 41.7 Å². The number of carbonyl (C=O) groups excluding carboxylic acids is 2. The van der Waals surface area contributed by atoms with Gasteiger partial charge in [-0.05, 0) is 90.7 Å². The van der Waals surface area contributed by atoms with Gasteiger partial charge in [0.05, 0.1) is 38.9 Å². The van der Waals surface area contributed by atoms with E-state index in [4.69, 9.17) is 4.74 Å². The summed E-state index contributed by atoms with van der Waals surface area (Å²) in [6, 6.07) is 27.8. The summed E-state index contributed by atoms with van der Waals surface area (Å²) in [6.07, 6.45) is 2.28. The molecule has 2 aliphatic heterocycles. The van der Waals surface area contributed by atoms with Crippen molar-refractivity contribution in [1.82, 2.24) is 19.6 Å². The maximum absolute atomic E-state index is 13.8. The van der Waals surface area contributed by atoms with Gasteiger partial charge in [-0.3, -0.25) is 19.8 Å². The molecule has 0 radical (unpaired) electrons. The molecule has 2 aromatic heterocycles. The summed E-state index contributed by atoms with van der Waals surface area (Å²) in [5, 5.41) is 6.56. The van der Waals surface area contributed by atoms with E-state index in [9.17, 15) is 30.8 Å². The van der Waals surface area contributed by atoms with Crippen LogP contribution in [0.1, 0.15) is 38.4 Å². The van der Waals surface area contributed by atoms with Gasteiger partial charge in [0.2, 0.25) is 0 Å². The highest BCUT2D eigenvalue weighted by molar-refractivity contribution is 7.99. The number of aromatic nitrogens is 2. The van der Waals surface area contributed by atoms with Crippen LogP contribution >= 0.6 is 23.1 Å². The van der Waals surface area contributed by atoms with Gasteiger partial charge in [-0.1, -0.05) is 47.7 Å². The van der Waals surface area contributed by atoms with Crippen LogP contribution < -0.4 is 20.3 Å². The van der Waals surface area contributed by atoms with E-state index in [1.807, 2.05) is 41.3 Å². The molecule has 3 N–H and O–H groups in total. The lowest BCUT2D eigenvalue weighted by atomic mass is 9.94. The van der Waals surface area contributed by atoms with Gasteiger partial charge in [-0.2, -0.15) is 0 Å². The Morgan fingerprint density at radius 3 is 2.48 bits per heavy atom. The second kappa shape index (κ2) is 19.1. The van der Waals surface area contributed by atoms with Crippen molar-refractivity contribution < 1.29 is 35.6 Å². The van der Waals surface area contributed by atoms with Crippen LogP contribution in [-0.4, -0.2) is 101 Å². The van der Waals surface area contributed by atoms with Gasteiger partial charge in [-0.15, -0.1) is 11.8 Å². The maximum atomic E-state index is 13.8. The van der Waals surface area contributed by atoms with Crippen LogP contribution in [-0.2, 0) is 37.6 Å². The number of hydrogen-bond donors (Lipinski definition) is 3. The molecule has 4 heterocycles. The molecule has 0 saturated carbocycles. The third kappa shape index (κ3) is 10.9. The highest BCUT2D eigenvalue weighted by Gasteiger charge is 2.27. The highest BCUT2D eigenvalue weighted by Crippen LogP contribution is 2.31. The molecule has 19 heteroatoms. The first-order valence-corrected chi connectivity index (χ1v) is 25.3. The molecule has 1 fully saturated rings. The van der Waals surface area contributed by atoms with Crippen LogP contribution in [0.15, 0.2) is 118 Å². The quantitative estimate of drug-likeness (QED) is 0.0957. The number of thioether (sulfide) groups is 1. The molecule has 8 rings (SSSR count). The maximum Gasteiger partial charge on any atom is 0.283 e. The zero-order valence-electron chi connectivity index (χ0n) is 34.1. The number of pyridine rings is 1. The zero-order valence-corrected chi connectivity index (χ0v) is 37.4. The second-order valence-corrected chi connectivity index (χ2v) is 20.9. The van der Waals surface area contributed by atoms with E-state index in [0.29, 0.717) is 65.1 Å². The van der Waals surface area contributed by atoms with Crippen LogP contribution in [0.2, 0.25) is 0 Å². The van der Waals surface area contributed by atoms with Gasteiger partial charge in [-0.25, -0.2) is 35.9 Å². The van der Waals surface area contributed by atoms with E-state index < -0.39 is 36.5 Å². The molecule has 4 aromatic carbocycles. The van der Waals surface area contributed by atoms with E-state index in [1.54, 1.807) is 42.1 Å². The molecular weight excluding hydrogens is 886 g/mol. The summed E-state index contributed by atoms with van der Waals surface area (Å²) in [6.45, 7) is 4.45. The third-order valence-corrected chi connectivity index (χ3v) is 15.3. The summed E-state index contributed by atoms with van der Waals surface area (Å²) in [5.74, 6) is -0.775. The van der Waals surface area contributed by atoms with Crippen molar-refractivity contribution in [2.75, 3.05) is 66.9 Å². The number of nitrogens with zero attached hydrogens (tertiary/aromatic N) is 4. The molecule has 1 atom stereocenters. The van der Waals surface area contributed by atoms with Crippen molar-refractivity contribution in [2.24, 2.45) is 0 Å². The molecule has 6 aromatic rings. The number of morpholine rings is 1. The lowest BCUT2D eigenvalue weighted by Crippen LogP contribution is -2.39. The lowest BCUT2D eigenvalue weighted by Gasteiger charge is -2.31. The van der Waals surface area contributed by atoms with Gasteiger partial charge < -0.3 is 15.0 Å². The van der Waals surface area contributed by atoms with Crippen molar-refractivity contribution >= 4 is 81.6 Å². The number of nitrogens with one attached hydrogen (secondary N) is 3. The number of halogens is 1. The van der Waals surface area contributed by atoms with E-state index in [0.717, 1.165) is 48.0 Å². The van der Waals surface area contributed by atoms with Crippen LogP contribution in [0.5, 0.6) is 0 Å². The molecule has 63 heavy (non-hydrogen) atoms. The summed E-state index contributed by atoms with van der Waals surface area (Å²) in [5.41, 5.74) is 2.79. The zero-order chi connectivity index (χ0) is 44.1. The molecule has 0 unspecified atom stereocenters. The smallest absolute Gasteiger partial charge is 0.283 e. The summed E-state index contributed by atoms with van der Waals surface area (Å²) < 4.78 is 75.8. The topological polar surface area (TPSA) is 180 Å². The Hall–Kier alpha value is -5.44. The minimum Gasteiger partial charge on any atom is -0.380 e. The molecule has 1 saturated heterocycles. The first-order valence-electron chi connectivity index (χ1n) is 20.1. The number of anilines is 3. The number of rotatable bonds is 15. The van der Waals surface area contributed by atoms with E-state index in [2.05, 4.69) is 30.2 Å². The standard InChI is InChI=1S/C44H44FN7O7S4/c1-62(55,56)40-26-33(14-16-37(40)46-31(18-19-51-21-23-59-24-22-51)28-60-32-8-3-2-4-9-32)63(57,58)50-43(54)38-11-6-12-41(47-38)52-20-17-29-7-5-10-34(35(29)27-52)42(53)49-44-48-36-15-13-30(45)25-39(36)61-44/h2-16,25-26,31,46H,17-24,27-28H2,1H3,(H,50,54)(H,48,49,53)/t31-/m1/s1. The van der Waals surface area contributed by atoms with Crippen LogP contribution in [0.3, 0.4) is 0 Å². The summed E-state index contributed by atoms with van der Waals surface area (Å²) >= 11 is 2.80. The molecule has 328 valence electrons. The van der Waals surface area contributed by atoms with Gasteiger partial charge >= 0.3 is 0 Å². The Morgan fingerprint density at radius 2 is 1.68 bits per heavy atom. The first-order chi connectivity index (χ1) is 30.3. The fraction of sp³-hybridized carbons (Fsp3) is 0.273. The average molecular weight is 930 g/mol. The van der Waals surface area contributed by atoms with Crippen molar-refractivity contribution in [2.45, 2.75) is 40.1 Å². The first kappa shape index (κ1) is 44.2. The molecule has 2 amide bonds.